The predicted octanol–water partition coefficient (Wildman–Crippen LogP) is -2.70. The summed E-state index contributed by atoms with van der Waals surface area (Å²) in [6.07, 6.45) is 1.85. The maximum atomic E-state index is 5.92. The van der Waals surface area contributed by atoms with Crippen LogP contribution in [0.1, 0.15) is 55.4 Å². The van der Waals surface area contributed by atoms with Gasteiger partial charge in [-0.05, 0) is 55.4 Å². The predicted molar refractivity (Wildman–Crippen MR) is 85.4 cm³/mol. The second kappa shape index (κ2) is 9.38. The molecule has 2 aliphatic rings. The van der Waals surface area contributed by atoms with Gasteiger partial charge in [0.05, 0.1) is 22.4 Å². The molecular formula is C13H25B2Br2LiO4Zn. The van der Waals surface area contributed by atoms with Crippen molar-refractivity contribution in [3.63, 3.8) is 0 Å². The van der Waals surface area contributed by atoms with E-state index in [4.69, 9.17) is 18.6 Å². The first-order valence-corrected chi connectivity index (χ1v) is 14.1. The number of hydrogen-bond donors (Lipinski definition) is 0. The van der Waals surface area contributed by atoms with Gasteiger partial charge in [-0.25, -0.2) is 0 Å². The van der Waals surface area contributed by atoms with Crippen LogP contribution in [-0.2, 0) is 35.0 Å². The number of rotatable bonds is 2. The maximum absolute atomic E-state index is 5.92. The van der Waals surface area contributed by atoms with Crippen molar-refractivity contribution in [1.82, 2.24) is 0 Å². The molecule has 0 saturated carbocycles. The molecule has 124 valence electrons. The topological polar surface area (TPSA) is 36.9 Å². The SMILES string of the molecule is CC1(C)OB([CH-]B2OC(C)(C)C(C)(C)O2)OC1(C)C.[Br-].[Li+].[Zn+][Br]. The Morgan fingerprint density at radius 1 is 0.652 bits per heavy atom. The molecule has 0 aliphatic carbocycles. The van der Waals surface area contributed by atoms with Crippen LogP contribution in [0.4, 0.5) is 0 Å². The minimum atomic E-state index is -0.403. The van der Waals surface area contributed by atoms with E-state index in [9.17, 15) is 0 Å². The van der Waals surface area contributed by atoms with E-state index in [-0.39, 0.29) is 58.2 Å². The Hall–Kier alpha value is 2.15. The van der Waals surface area contributed by atoms with Crippen LogP contribution in [0.25, 0.3) is 0 Å². The summed E-state index contributed by atoms with van der Waals surface area (Å²) in [7, 11) is -0.806. The monoisotopic (exact) mass is 496 g/mol. The zero-order chi connectivity index (χ0) is 16.7. The van der Waals surface area contributed by atoms with Crippen molar-refractivity contribution < 1.29 is 70.8 Å². The fourth-order valence-corrected chi connectivity index (χ4v) is 2.06. The van der Waals surface area contributed by atoms with Crippen LogP contribution in [0, 0.1) is 6.22 Å². The average molecular weight is 499 g/mol. The van der Waals surface area contributed by atoms with E-state index in [1.54, 1.807) is 0 Å². The van der Waals surface area contributed by atoms with E-state index in [0.717, 1.165) is 0 Å². The summed E-state index contributed by atoms with van der Waals surface area (Å²) in [5.41, 5.74) is -1.34. The van der Waals surface area contributed by atoms with E-state index in [1.807, 2.05) is 61.6 Å². The molecule has 0 bridgehead atoms. The molecule has 0 N–H and O–H groups in total. The molecule has 23 heavy (non-hydrogen) atoms. The van der Waals surface area contributed by atoms with Gasteiger partial charge in [0, 0.05) is 0 Å². The van der Waals surface area contributed by atoms with Gasteiger partial charge in [0.15, 0.2) is 0 Å². The van der Waals surface area contributed by atoms with Crippen LogP contribution in [0.15, 0.2) is 0 Å². The minimum absolute atomic E-state index is 0. The molecule has 10 heteroatoms. The molecule has 0 aromatic rings. The van der Waals surface area contributed by atoms with Crippen LogP contribution in [-0.4, -0.2) is 36.6 Å². The van der Waals surface area contributed by atoms with Crippen LogP contribution in [0.5, 0.6) is 0 Å². The molecule has 0 atom stereocenters. The van der Waals surface area contributed by atoms with Gasteiger partial charge in [0.25, 0.3) is 14.2 Å². The second-order valence-electron chi connectivity index (χ2n) is 7.44. The zero-order valence-electron chi connectivity index (χ0n) is 15.8. The molecule has 0 unspecified atom stereocenters. The van der Waals surface area contributed by atoms with Crippen molar-refractivity contribution in [3.05, 3.63) is 6.22 Å². The summed E-state index contributed by atoms with van der Waals surface area (Å²) in [5, 5.41) is 0. The van der Waals surface area contributed by atoms with E-state index >= 15 is 0 Å². The van der Waals surface area contributed by atoms with Crippen LogP contribution in [0.2, 0.25) is 0 Å². The van der Waals surface area contributed by atoms with Crippen LogP contribution in [0.3, 0.4) is 0 Å². The Labute approximate surface area is 181 Å². The van der Waals surface area contributed by atoms with E-state index in [0.29, 0.717) is 0 Å². The Morgan fingerprint density at radius 2 is 0.826 bits per heavy atom. The van der Waals surface area contributed by atoms with Gasteiger partial charge in [0.1, 0.15) is 0 Å². The van der Waals surface area contributed by atoms with Crippen LogP contribution >= 0.6 is 13.6 Å². The van der Waals surface area contributed by atoms with Gasteiger partial charge in [-0.3, -0.25) is 6.22 Å². The van der Waals surface area contributed by atoms with E-state index < -0.39 is 14.2 Å². The van der Waals surface area contributed by atoms with E-state index in [2.05, 4.69) is 13.6 Å². The first-order chi connectivity index (χ1) is 9.36. The van der Waals surface area contributed by atoms with Gasteiger partial charge in [-0.2, -0.15) is 0 Å². The third-order valence-corrected chi connectivity index (χ3v) is 4.86. The summed E-state index contributed by atoms with van der Waals surface area (Å²) < 4.78 is 23.7. The first kappa shape index (κ1) is 27.4. The summed E-state index contributed by atoms with van der Waals surface area (Å²) >= 11 is 4.25. The number of hydrogen-bond acceptors (Lipinski definition) is 4. The molecule has 2 saturated heterocycles. The van der Waals surface area contributed by atoms with Crippen molar-refractivity contribution in [2.24, 2.45) is 0 Å². The third-order valence-electron chi connectivity index (χ3n) is 4.86. The molecule has 0 aromatic heterocycles. The van der Waals surface area contributed by atoms with Crippen LogP contribution < -0.4 is 35.8 Å². The zero-order valence-corrected chi connectivity index (χ0v) is 22.0. The molecule has 0 amide bonds. The van der Waals surface area contributed by atoms with Crippen molar-refractivity contribution >= 4 is 27.9 Å². The molecule has 2 heterocycles. The fourth-order valence-electron chi connectivity index (χ4n) is 2.06. The van der Waals surface area contributed by atoms with Crippen molar-refractivity contribution in [1.29, 1.82) is 0 Å². The van der Waals surface area contributed by atoms with Gasteiger partial charge < -0.3 is 35.6 Å². The number of halogens is 2. The summed E-state index contributed by atoms with van der Waals surface area (Å²) in [5.74, 6) is 0. The summed E-state index contributed by atoms with van der Waals surface area (Å²) in [4.78, 5) is 0. The fraction of sp³-hybridized carbons (Fsp3) is 0.923. The second-order valence-corrected chi connectivity index (χ2v) is 7.44. The Morgan fingerprint density at radius 3 is 1.00 bits per heavy atom. The van der Waals surface area contributed by atoms with E-state index in [1.165, 1.54) is 16.3 Å². The van der Waals surface area contributed by atoms with Gasteiger partial charge in [-0.15, -0.1) is 0 Å². The van der Waals surface area contributed by atoms with Gasteiger partial charge in [0.2, 0.25) is 0 Å². The molecule has 0 aromatic carbocycles. The average Bonchev–Trinajstić information content (AvgIpc) is 2.59. The van der Waals surface area contributed by atoms with Crippen molar-refractivity contribution in [2.75, 3.05) is 0 Å². The Bertz CT molecular complexity index is 321. The van der Waals surface area contributed by atoms with Gasteiger partial charge >= 0.3 is 48.8 Å². The van der Waals surface area contributed by atoms with Crippen molar-refractivity contribution in [3.8, 4) is 0 Å². The molecule has 2 aliphatic heterocycles. The molecule has 2 rings (SSSR count). The molecular weight excluding hydrogens is 474 g/mol. The Kier molecular flexibility index (Phi) is 11.2. The Balaban J connectivity index is 0. The third kappa shape index (κ3) is 6.08. The summed E-state index contributed by atoms with van der Waals surface area (Å²) in [6.45, 7) is 16.3. The molecule has 2 fully saturated rings. The summed E-state index contributed by atoms with van der Waals surface area (Å²) in [6, 6.07) is 0. The van der Waals surface area contributed by atoms with Gasteiger partial charge in [-0.1, -0.05) is 0 Å². The quantitative estimate of drug-likeness (QED) is 0.307. The normalized spacial score (nSPS) is 25.9. The molecule has 0 radical (unpaired) electrons. The molecule has 4 nitrogen and oxygen atoms in total. The standard InChI is InChI=1S/C13H25B2O4.2BrH.Li.Zn/c1-10(2)11(3,4)17-14(16-10)9-15-18-12(5,6)13(7,8)19-15;;;;/h9H,1-8H3;2*1H;;/q-1;;;+1;+2/p-2. The molecule has 0 spiro atoms. The first-order valence-electron chi connectivity index (χ1n) is 7.19. The van der Waals surface area contributed by atoms with Crippen molar-refractivity contribution in [2.45, 2.75) is 77.8 Å².